The first-order chi connectivity index (χ1) is 9.11. The average Bonchev–Trinajstić information content (AvgIpc) is 2.39. The second-order valence-corrected chi connectivity index (χ2v) is 5.22. The van der Waals surface area contributed by atoms with Crippen molar-refractivity contribution >= 4 is 10.9 Å². The van der Waals surface area contributed by atoms with Crippen LogP contribution in [0.2, 0.25) is 0 Å². The number of fused-ring (bicyclic) bond motifs is 1. The lowest BCUT2D eigenvalue weighted by atomic mass is 10.0. The lowest BCUT2D eigenvalue weighted by molar-refractivity contribution is 0.536. The normalized spacial score (nSPS) is 12.6. The first kappa shape index (κ1) is 13.8. The Bertz CT molecular complexity index is 587. The van der Waals surface area contributed by atoms with Gasteiger partial charge in [0.1, 0.15) is 0 Å². The molecular weight excluding hydrogens is 232 g/mol. The maximum atomic E-state index is 4.79. The third-order valence-electron chi connectivity index (χ3n) is 3.51. The van der Waals surface area contributed by atoms with Crippen molar-refractivity contribution < 1.29 is 0 Å². The zero-order chi connectivity index (χ0) is 13.8. The van der Waals surface area contributed by atoms with Crippen LogP contribution in [-0.2, 0) is 0 Å². The highest BCUT2D eigenvalue weighted by Crippen LogP contribution is 2.24. The molecule has 1 heterocycles. The molecule has 1 N–H and O–H groups in total. The summed E-state index contributed by atoms with van der Waals surface area (Å²) >= 11 is 0. The van der Waals surface area contributed by atoms with Gasteiger partial charge in [0.15, 0.2) is 0 Å². The van der Waals surface area contributed by atoms with Crippen LogP contribution in [0.25, 0.3) is 10.9 Å². The predicted octanol–water partition coefficient (Wildman–Crippen LogP) is 4.16. The molecule has 0 radical (unpaired) electrons. The van der Waals surface area contributed by atoms with Crippen LogP contribution in [-0.4, -0.2) is 12.0 Å². The lowest BCUT2D eigenvalue weighted by Crippen LogP contribution is -2.18. The van der Waals surface area contributed by atoms with Crippen molar-refractivity contribution in [1.29, 1.82) is 0 Å². The number of benzene rings is 1. The molecule has 1 aromatic carbocycles. The van der Waals surface area contributed by atoms with Gasteiger partial charge in [-0.1, -0.05) is 23.8 Å². The predicted molar refractivity (Wildman–Crippen MR) is 82.3 cm³/mol. The quantitative estimate of drug-likeness (QED) is 0.810. The van der Waals surface area contributed by atoms with Crippen molar-refractivity contribution in [1.82, 2.24) is 10.3 Å². The summed E-state index contributed by atoms with van der Waals surface area (Å²) in [6.45, 7) is 8.20. The Labute approximate surface area is 115 Å². The van der Waals surface area contributed by atoms with Gasteiger partial charge in [0, 0.05) is 11.4 Å². The van der Waals surface area contributed by atoms with E-state index in [1.165, 1.54) is 16.5 Å². The van der Waals surface area contributed by atoms with Gasteiger partial charge in [0.2, 0.25) is 0 Å². The van der Waals surface area contributed by atoms with Crippen LogP contribution in [0.4, 0.5) is 0 Å². The van der Waals surface area contributed by atoms with Crippen molar-refractivity contribution in [2.24, 2.45) is 0 Å². The molecule has 0 aliphatic heterocycles. The Balaban J connectivity index is 2.35. The largest absolute Gasteiger partial charge is 0.312 e. The molecule has 2 aromatic rings. The van der Waals surface area contributed by atoms with Crippen LogP contribution in [0.5, 0.6) is 0 Å². The van der Waals surface area contributed by atoms with E-state index in [-0.39, 0.29) is 0 Å². The molecule has 0 fully saturated rings. The summed E-state index contributed by atoms with van der Waals surface area (Å²) in [5, 5.41) is 4.60. The Hall–Kier alpha value is -1.67. The third-order valence-corrected chi connectivity index (χ3v) is 3.51. The van der Waals surface area contributed by atoms with E-state index in [0.717, 1.165) is 24.1 Å². The van der Waals surface area contributed by atoms with E-state index in [4.69, 9.17) is 4.98 Å². The third kappa shape index (κ3) is 3.21. The van der Waals surface area contributed by atoms with E-state index < -0.39 is 0 Å². The average molecular weight is 254 g/mol. The molecule has 1 atom stereocenters. The molecule has 0 bridgehead atoms. The van der Waals surface area contributed by atoms with Gasteiger partial charge in [-0.3, -0.25) is 4.98 Å². The number of nitrogens with zero attached hydrogens (tertiary/aromatic N) is 1. The molecule has 2 heteroatoms. The van der Waals surface area contributed by atoms with Crippen LogP contribution in [0, 0.1) is 6.92 Å². The van der Waals surface area contributed by atoms with Gasteiger partial charge in [-0.05, 0) is 51.4 Å². The minimum Gasteiger partial charge on any atom is -0.312 e. The van der Waals surface area contributed by atoms with E-state index in [0.29, 0.717) is 6.04 Å². The molecule has 19 heavy (non-hydrogen) atoms. The van der Waals surface area contributed by atoms with Crippen molar-refractivity contribution in [2.75, 3.05) is 7.05 Å². The van der Waals surface area contributed by atoms with Crippen molar-refractivity contribution in [3.63, 3.8) is 0 Å². The number of hydrogen-bond donors (Lipinski definition) is 1. The van der Waals surface area contributed by atoms with Gasteiger partial charge in [0.05, 0.1) is 11.2 Å². The van der Waals surface area contributed by atoms with Gasteiger partial charge < -0.3 is 5.32 Å². The summed E-state index contributed by atoms with van der Waals surface area (Å²) in [6, 6.07) is 10.8. The second-order valence-electron chi connectivity index (χ2n) is 5.22. The van der Waals surface area contributed by atoms with Crippen molar-refractivity contribution in [3.05, 3.63) is 53.7 Å². The SMILES string of the molecule is C=C(C)CCC(NC)c1cc(C)c2ccccc2n1. The number of para-hydroxylation sites is 1. The zero-order valence-electron chi connectivity index (χ0n) is 12.0. The van der Waals surface area contributed by atoms with E-state index >= 15 is 0 Å². The monoisotopic (exact) mass is 254 g/mol. The molecule has 0 spiro atoms. The van der Waals surface area contributed by atoms with E-state index in [2.05, 4.69) is 50.0 Å². The first-order valence-corrected chi connectivity index (χ1v) is 6.79. The highest BCUT2D eigenvalue weighted by Gasteiger charge is 2.12. The van der Waals surface area contributed by atoms with Gasteiger partial charge >= 0.3 is 0 Å². The number of aryl methyl sites for hydroxylation is 1. The minimum absolute atomic E-state index is 0.292. The van der Waals surface area contributed by atoms with Crippen LogP contribution in [0.1, 0.15) is 37.1 Å². The number of nitrogens with one attached hydrogen (secondary N) is 1. The minimum atomic E-state index is 0.292. The highest BCUT2D eigenvalue weighted by molar-refractivity contribution is 5.82. The van der Waals surface area contributed by atoms with Gasteiger partial charge in [0.25, 0.3) is 0 Å². The molecule has 2 nitrogen and oxygen atoms in total. The molecule has 2 rings (SSSR count). The number of rotatable bonds is 5. The van der Waals surface area contributed by atoms with Gasteiger partial charge in [-0.25, -0.2) is 0 Å². The molecule has 1 unspecified atom stereocenters. The van der Waals surface area contributed by atoms with Gasteiger partial charge in [-0.2, -0.15) is 0 Å². The van der Waals surface area contributed by atoms with Crippen molar-refractivity contribution in [3.8, 4) is 0 Å². The fraction of sp³-hybridized carbons (Fsp3) is 0.353. The summed E-state index contributed by atoms with van der Waals surface area (Å²) in [6.07, 6.45) is 2.07. The van der Waals surface area contributed by atoms with Crippen LogP contribution in [0.15, 0.2) is 42.5 Å². The Morgan fingerprint density at radius 1 is 1.37 bits per heavy atom. The maximum Gasteiger partial charge on any atom is 0.0708 e. The summed E-state index contributed by atoms with van der Waals surface area (Å²) in [5.74, 6) is 0. The highest BCUT2D eigenvalue weighted by atomic mass is 14.9. The second kappa shape index (κ2) is 5.98. The molecule has 0 aliphatic rings. The van der Waals surface area contributed by atoms with Crippen LogP contribution < -0.4 is 5.32 Å². The smallest absolute Gasteiger partial charge is 0.0708 e. The maximum absolute atomic E-state index is 4.79. The molecule has 0 saturated heterocycles. The fourth-order valence-corrected chi connectivity index (χ4v) is 2.38. The summed E-state index contributed by atoms with van der Waals surface area (Å²) in [4.78, 5) is 4.79. The lowest BCUT2D eigenvalue weighted by Gasteiger charge is -2.17. The summed E-state index contributed by atoms with van der Waals surface area (Å²) in [5.41, 5.74) is 4.71. The molecule has 0 aliphatic carbocycles. The number of hydrogen-bond acceptors (Lipinski definition) is 2. The van der Waals surface area contributed by atoms with E-state index in [1.54, 1.807) is 0 Å². The Kier molecular flexibility index (Phi) is 4.33. The topological polar surface area (TPSA) is 24.9 Å². The summed E-state index contributed by atoms with van der Waals surface area (Å²) in [7, 11) is 2.00. The summed E-state index contributed by atoms with van der Waals surface area (Å²) < 4.78 is 0. The molecular formula is C17H22N2. The number of aromatic nitrogens is 1. The molecule has 100 valence electrons. The van der Waals surface area contributed by atoms with Crippen LogP contribution in [0.3, 0.4) is 0 Å². The van der Waals surface area contributed by atoms with E-state index in [9.17, 15) is 0 Å². The zero-order valence-corrected chi connectivity index (χ0v) is 12.0. The van der Waals surface area contributed by atoms with Gasteiger partial charge in [-0.15, -0.1) is 6.58 Å². The number of allylic oxidation sites excluding steroid dienone is 1. The standard InChI is InChI=1S/C17H22N2/c1-12(2)9-10-16(18-4)17-11-13(3)14-7-5-6-8-15(14)19-17/h5-8,11,16,18H,1,9-10H2,2-4H3. The fourth-order valence-electron chi connectivity index (χ4n) is 2.38. The Morgan fingerprint density at radius 3 is 2.79 bits per heavy atom. The first-order valence-electron chi connectivity index (χ1n) is 6.79. The molecule has 0 amide bonds. The van der Waals surface area contributed by atoms with Crippen LogP contribution >= 0.6 is 0 Å². The van der Waals surface area contributed by atoms with Crippen molar-refractivity contribution in [2.45, 2.75) is 32.7 Å². The Morgan fingerprint density at radius 2 is 2.11 bits per heavy atom. The molecule has 1 aromatic heterocycles. The molecule has 0 saturated carbocycles. The number of pyridine rings is 1. The van der Waals surface area contributed by atoms with E-state index in [1.807, 2.05) is 13.1 Å².